The van der Waals surface area contributed by atoms with Crippen molar-refractivity contribution in [1.82, 2.24) is 31.9 Å². The van der Waals surface area contributed by atoms with Crippen molar-refractivity contribution >= 4 is 12.2 Å². The van der Waals surface area contributed by atoms with Crippen LogP contribution in [0.5, 0.6) is 23.0 Å². The largest absolute Gasteiger partial charge is 0.490 e. The van der Waals surface area contributed by atoms with E-state index in [0.717, 1.165) is 57.3 Å². The molecule has 0 radical (unpaired) electrons. The Morgan fingerprint density at radius 1 is 0.336 bits per heavy atom. The van der Waals surface area contributed by atoms with E-state index < -0.39 is 23.4 Å². The van der Waals surface area contributed by atoms with Gasteiger partial charge in [-0.3, -0.25) is 0 Å². The quantitative estimate of drug-likeness (QED) is 0.0219. The fourth-order valence-electron chi connectivity index (χ4n) is 10.1. The monoisotopic (exact) mass is 1510 g/mol. The number of amides is 2. The van der Waals surface area contributed by atoms with Crippen molar-refractivity contribution in [2.24, 2.45) is 0 Å². The van der Waals surface area contributed by atoms with Gasteiger partial charge in [-0.15, -0.1) is 0 Å². The van der Waals surface area contributed by atoms with E-state index in [-0.39, 0.29) is 52.7 Å². The Morgan fingerprint density at radius 3 is 0.818 bits per heavy atom. The number of hydrogen-bond acceptors (Lipinski definition) is 20. The van der Waals surface area contributed by atoms with E-state index in [2.05, 4.69) is 142 Å². The molecule has 0 spiro atoms. The molecule has 0 aliphatic carbocycles. The zero-order valence-corrected chi connectivity index (χ0v) is 65.7. The molecule has 16 aliphatic heterocycles. The maximum atomic E-state index is 12.2. The van der Waals surface area contributed by atoms with Crippen LogP contribution in [0.25, 0.3) is 0 Å². The van der Waals surface area contributed by atoms with Crippen LogP contribution in [0.15, 0.2) is 121 Å². The summed E-state index contributed by atoms with van der Waals surface area (Å²) in [6.07, 6.45) is 0.794. The highest BCUT2D eigenvalue weighted by Crippen LogP contribution is 2.31. The Bertz CT molecular complexity index is 3650. The second kappa shape index (κ2) is 52.1. The third-order valence-electron chi connectivity index (χ3n) is 15.6. The summed E-state index contributed by atoms with van der Waals surface area (Å²) in [5.74, 6) is 28.9. The molecule has 16 aliphatic rings. The molecule has 16 heterocycles. The van der Waals surface area contributed by atoms with Gasteiger partial charge in [-0.05, 0) is 125 Å². The van der Waals surface area contributed by atoms with Crippen molar-refractivity contribution in [3.05, 3.63) is 188 Å². The molecule has 22 nitrogen and oxygen atoms in total. The summed E-state index contributed by atoms with van der Waals surface area (Å²) < 4.78 is 82.9. The molecule has 6 aromatic carbocycles. The van der Waals surface area contributed by atoms with Crippen LogP contribution in [0, 0.1) is 47.4 Å². The first-order chi connectivity index (χ1) is 53.6. The van der Waals surface area contributed by atoms with Gasteiger partial charge in [-0.2, -0.15) is 0 Å². The van der Waals surface area contributed by atoms with Crippen LogP contribution < -0.4 is 50.8 Å². The van der Waals surface area contributed by atoms with Crippen LogP contribution in [0.3, 0.4) is 0 Å². The van der Waals surface area contributed by atoms with Crippen LogP contribution >= 0.6 is 0 Å². The van der Waals surface area contributed by atoms with Crippen LogP contribution in [0.4, 0.5) is 9.59 Å². The topological polar surface area (TPSA) is 236 Å². The minimum Gasteiger partial charge on any atom is -0.490 e. The molecule has 6 aromatic rings. The van der Waals surface area contributed by atoms with Crippen molar-refractivity contribution in [1.29, 1.82) is 0 Å². The van der Waals surface area contributed by atoms with Gasteiger partial charge in [0.1, 0.15) is 60.6 Å². The zero-order chi connectivity index (χ0) is 78.0. The van der Waals surface area contributed by atoms with Gasteiger partial charge >= 0.3 is 12.2 Å². The smallest absolute Gasteiger partial charge is 0.407 e. The van der Waals surface area contributed by atoms with Gasteiger partial charge < -0.3 is 98.2 Å². The number of carbonyl (C=O) groups is 2. The minimum absolute atomic E-state index is 0.213. The lowest BCUT2D eigenvalue weighted by Gasteiger charge is -2.19. The molecule has 110 heavy (non-hydrogen) atoms. The number of benzene rings is 6. The fourth-order valence-corrected chi connectivity index (χ4v) is 10.1. The Labute approximate surface area is 652 Å². The number of carbonyl (C=O) groups excluding carboxylic acids is 2. The maximum Gasteiger partial charge on any atom is 0.407 e. The van der Waals surface area contributed by atoms with E-state index in [4.69, 9.17) is 66.3 Å². The lowest BCUT2D eigenvalue weighted by molar-refractivity contribution is 0.0479. The van der Waals surface area contributed by atoms with Gasteiger partial charge in [0.05, 0.1) is 115 Å². The average molecular weight is 1510 g/mol. The molecule has 2 amide bonds. The maximum absolute atomic E-state index is 12.2. The number of hydrogen-bond donors (Lipinski definition) is 6. The Kier molecular flexibility index (Phi) is 41.7. The molecule has 592 valence electrons. The fraction of sp³-hybridized carbons (Fsp3) is 0.477. The summed E-state index contributed by atoms with van der Waals surface area (Å²) >= 11 is 0. The summed E-state index contributed by atoms with van der Waals surface area (Å²) in [5, 5.41) is 19.3. The molecule has 0 saturated carbocycles. The molecule has 0 aromatic heterocycles. The van der Waals surface area contributed by atoms with Crippen LogP contribution in [-0.2, 0) is 73.5 Å². The van der Waals surface area contributed by atoms with Crippen LogP contribution in [0.1, 0.15) is 135 Å². The van der Waals surface area contributed by atoms with Crippen LogP contribution in [-0.4, -0.2) is 195 Å². The predicted molar refractivity (Wildman–Crippen MR) is 427 cm³/mol. The van der Waals surface area contributed by atoms with Gasteiger partial charge in [0.15, 0.2) is 0 Å². The van der Waals surface area contributed by atoms with Crippen molar-refractivity contribution < 1.29 is 75.9 Å². The minimum atomic E-state index is -0.602. The third-order valence-corrected chi connectivity index (χ3v) is 15.6. The van der Waals surface area contributed by atoms with Gasteiger partial charge in [0.2, 0.25) is 0 Å². The van der Waals surface area contributed by atoms with E-state index >= 15 is 0 Å². The van der Waals surface area contributed by atoms with E-state index in [1.54, 1.807) is 0 Å². The first-order valence-electron chi connectivity index (χ1n) is 38.3. The summed E-state index contributed by atoms with van der Waals surface area (Å²) in [5.41, 5.74) is 9.03. The molecule has 0 saturated heterocycles. The second-order valence-electron chi connectivity index (χ2n) is 27.3. The normalized spacial score (nSPS) is 14.1. The van der Waals surface area contributed by atoms with Crippen molar-refractivity contribution in [2.75, 3.05) is 171 Å². The first kappa shape index (κ1) is 88.0. The molecule has 22 rings (SSSR count). The molecule has 0 fully saturated rings. The van der Waals surface area contributed by atoms with Crippen molar-refractivity contribution in [3.8, 4) is 70.4 Å². The zero-order valence-electron chi connectivity index (χ0n) is 65.7. The van der Waals surface area contributed by atoms with Crippen molar-refractivity contribution in [2.45, 2.75) is 106 Å². The average Bonchev–Trinajstić information content (AvgIpc) is 0.825. The number of nitrogens with one attached hydrogen (secondary N) is 6. The number of rotatable bonds is 26. The molecule has 0 unspecified atom stereocenters. The standard InChI is InChI=1S/C88H114N6O16/c1-9-41-97-53-57-105-81-61-79-33-29-71-15-23-75(24-16-71)67-91-37-45-101-51-52-102-46-38-92-68-76-25-17-72(18-26-76)30-34-80-62-82(106-58-54-98-42-10-2)78(64-84(80)108-60-56-104-48-40-94-86(96)110-88(6,7)8)32-28-70-13-21-74(22-14-70)66-90-36-44-100-50-49-99-43-35-89-65-73-19-11-69(12-20-73)27-31-77(81)63-83(79)107-59-55-103-47-39-93-85(95)109-87(3,4)5/h11-26,61-64,89-92H,9-10,35-60,65-68H2,1-8H3,(H,93,95)(H,94,96). The SMILES string of the molecule is CCCOCCOc1cc2c(OCCOCCNC(=O)OC(C)(C)C)cc1C#Cc1ccc(cc1)CNCCOCCOCCNCc1ccc(cc1)C#Cc1cc(OCCOCCNC(=O)OC(C)(C)C)c(cc1OCCOCCC)C#Cc1ccc(cc1)CNCCOCCOCCNCc1ccc(cc1)C#C2. The third kappa shape index (κ3) is 38.5. The van der Waals surface area contributed by atoms with Gasteiger partial charge in [0.25, 0.3) is 0 Å². The summed E-state index contributed by atoms with van der Waals surface area (Å²) in [6, 6.07) is 40.0. The molecular formula is C88H114N6O16. The van der Waals surface area contributed by atoms with Gasteiger partial charge in [-0.1, -0.05) is 110 Å². The first-order valence-corrected chi connectivity index (χ1v) is 38.3. The summed E-state index contributed by atoms with van der Waals surface area (Å²) in [4.78, 5) is 24.3. The molecule has 0 atom stereocenters. The lowest BCUT2D eigenvalue weighted by atomic mass is 10.1. The summed E-state index contributed by atoms with van der Waals surface area (Å²) in [7, 11) is 0. The highest BCUT2D eigenvalue weighted by molar-refractivity contribution is 5.68. The Morgan fingerprint density at radius 2 is 0.582 bits per heavy atom. The molecular weight excluding hydrogens is 1400 g/mol. The van der Waals surface area contributed by atoms with E-state index in [0.29, 0.717) is 190 Å². The second-order valence-corrected chi connectivity index (χ2v) is 27.3. The van der Waals surface area contributed by atoms with E-state index in [1.807, 2.05) is 114 Å². The van der Waals surface area contributed by atoms with Crippen molar-refractivity contribution in [3.63, 3.8) is 0 Å². The van der Waals surface area contributed by atoms with Gasteiger partial charge in [0, 0.05) is 125 Å². The highest BCUT2D eigenvalue weighted by Gasteiger charge is 2.18. The molecule has 22 heteroatoms. The Balaban J connectivity index is 0.992. The number of ether oxygens (including phenoxy) is 14. The van der Waals surface area contributed by atoms with Gasteiger partial charge in [-0.25, -0.2) is 9.59 Å². The lowest BCUT2D eigenvalue weighted by Crippen LogP contribution is -2.34. The highest BCUT2D eigenvalue weighted by atomic mass is 16.6. The molecule has 12 bridgehead atoms. The van der Waals surface area contributed by atoms with E-state index in [1.165, 1.54) is 0 Å². The predicted octanol–water partition coefficient (Wildman–Crippen LogP) is 10.9. The molecule has 6 N–H and O–H groups in total. The van der Waals surface area contributed by atoms with Crippen LogP contribution in [0.2, 0.25) is 0 Å². The number of alkyl carbamates (subject to hydrolysis) is 2. The summed E-state index contributed by atoms with van der Waals surface area (Å²) in [6.45, 7) is 29.3. The Hall–Kier alpha value is -9.18. The van der Waals surface area contributed by atoms with E-state index in [9.17, 15) is 9.59 Å².